The number of aryl methyl sites for hydroxylation is 1. The van der Waals surface area contributed by atoms with Crippen molar-refractivity contribution < 1.29 is 4.58 Å². The predicted molar refractivity (Wildman–Crippen MR) is 249 cm³/mol. The van der Waals surface area contributed by atoms with Gasteiger partial charge in [0.25, 0.3) is 0 Å². The summed E-state index contributed by atoms with van der Waals surface area (Å²) in [7, 11) is 0. The lowest BCUT2D eigenvalue weighted by Gasteiger charge is -2.39. The Balaban J connectivity index is 0.00000270. The van der Waals surface area contributed by atoms with Gasteiger partial charge >= 0.3 is 0 Å². The van der Waals surface area contributed by atoms with E-state index in [2.05, 4.69) is 202 Å². The van der Waals surface area contributed by atoms with Gasteiger partial charge in [-0.2, -0.15) is 4.58 Å². The van der Waals surface area contributed by atoms with Gasteiger partial charge in [0.2, 0.25) is 5.69 Å². The summed E-state index contributed by atoms with van der Waals surface area (Å²) in [6.45, 7) is 23.3. The number of hydrogen-bond acceptors (Lipinski definition) is 1. The number of hydrogen-bond donors (Lipinski definition) is 0. The van der Waals surface area contributed by atoms with Gasteiger partial charge in [-0.3, -0.25) is 0 Å². The predicted octanol–water partition coefficient (Wildman–Crippen LogP) is 14.9. The Kier molecular flexibility index (Phi) is 12.9. The van der Waals surface area contributed by atoms with Crippen LogP contribution >= 0.6 is 0 Å². The van der Waals surface area contributed by atoms with E-state index in [1.165, 1.54) is 55.9 Å². The van der Waals surface area contributed by atoms with Gasteiger partial charge in [-0.25, -0.2) is 0 Å². The first kappa shape index (κ1) is 40.4. The van der Waals surface area contributed by atoms with Crippen LogP contribution < -0.4 is 4.90 Å². The third kappa shape index (κ3) is 8.04. The second kappa shape index (κ2) is 18.1. The minimum absolute atomic E-state index is 0.0280. The normalized spacial score (nSPS) is 17.1. The summed E-state index contributed by atoms with van der Waals surface area (Å²) in [5.41, 5.74) is 18.6. The standard InChI is InChI=1S/C53H51N2.C2H6/c1-8-12-13-19-33-54(44-30-31-46-45-27-17-18-28-48(45)53(6,7)49(46)37-44)51-32-29-42(34-38(51)5)41-24-20-23-40(35-41)39(21-9-2)36-52-47(22-10-3)50(11-4)55(52)43-25-15-14-16-26-43;1-2/h8-29,32-37H,2,4,30-31H2,1,3,5-7H3;1-2H3/q+1;/b12-8-,19-13-,22-10-,39-21+,52-36-,54-33?;. The van der Waals surface area contributed by atoms with E-state index in [0.29, 0.717) is 0 Å². The lowest BCUT2D eigenvalue weighted by molar-refractivity contribution is -0.381. The molecule has 0 radical (unpaired) electrons. The lowest BCUT2D eigenvalue weighted by Crippen LogP contribution is -2.32. The van der Waals surface area contributed by atoms with Gasteiger partial charge in [0.1, 0.15) is 0 Å². The van der Waals surface area contributed by atoms with Gasteiger partial charge in [-0.05, 0) is 114 Å². The maximum atomic E-state index is 4.14. The van der Waals surface area contributed by atoms with Crippen LogP contribution in [0.5, 0.6) is 0 Å². The fourth-order valence-electron chi connectivity index (χ4n) is 8.29. The molecule has 4 aromatic carbocycles. The first-order valence-corrected chi connectivity index (χ1v) is 20.4. The molecule has 2 aliphatic carbocycles. The molecule has 57 heavy (non-hydrogen) atoms. The monoisotopic (exact) mass is 745 g/mol. The van der Waals surface area contributed by atoms with Crippen LogP contribution in [-0.2, 0) is 5.41 Å². The van der Waals surface area contributed by atoms with Crippen molar-refractivity contribution in [3.63, 3.8) is 0 Å². The van der Waals surface area contributed by atoms with Crippen molar-refractivity contribution in [1.82, 2.24) is 0 Å². The number of nitrogens with zero attached hydrogens (tertiary/aromatic N) is 2. The van der Waals surface area contributed by atoms with Gasteiger partial charge in [-0.15, -0.1) is 0 Å². The van der Waals surface area contributed by atoms with E-state index < -0.39 is 0 Å². The average Bonchev–Trinajstić information content (AvgIpc) is 3.47. The minimum atomic E-state index is -0.0280. The lowest BCUT2D eigenvalue weighted by atomic mass is 9.79. The van der Waals surface area contributed by atoms with E-state index in [0.717, 1.165) is 41.1 Å². The zero-order chi connectivity index (χ0) is 40.5. The van der Waals surface area contributed by atoms with Crippen LogP contribution in [0, 0.1) is 6.92 Å². The number of fused-ring (bicyclic) bond motifs is 2. The summed E-state index contributed by atoms with van der Waals surface area (Å²) < 4.78 is 2.40. The van der Waals surface area contributed by atoms with E-state index in [4.69, 9.17) is 0 Å². The van der Waals surface area contributed by atoms with Gasteiger partial charge in [0.05, 0.1) is 11.4 Å². The highest BCUT2D eigenvalue weighted by molar-refractivity contribution is 5.86. The molecule has 0 N–H and O–H groups in total. The SMILES string of the molecule is C=C/C=C(\C=C1\C(/C=C\C)=C(C=C)N1c1ccccc1)c1cccc(-c2ccc([N+](=C/C=C\C=C/C)C3=CC4=C(CC3)c3ccccc3C4(C)C)c(C)c2)c1.CC. The highest BCUT2D eigenvalue weighted by Gasteiger charge is 2.39. The molecule has 0 amide bonds. The summed E-state index contributed by atoms with van der Waals surface area (Å²) in [5.74, 6) is 0. The fourth-order valence-corrected chi connectivity index (χ4v) is 8.29. The number of anilines is 1. The Labute approximate surface area is 342 Å². The van der Waals surface area contributed by atoms with Gasteiger partial charge in [0.15, 0.2) is 11.9 Å². The smallest absolute Gasteiger partial charge is 0.213 e. The van der Waals surface area contributed by atoms with Crippen molar-refractivity contribution in [2.45, 2.75) is 66.7 Å². The zero-order valence-corrected chi connectivity index (χ0v) is 34.9. The van der Waals surface area contributed by atoms with Crippen LogP contribution in [-0.4, -0.2) is 10.8 Å². The molecule has 0 bridgehead atoms. The molecule has 3 aliphatic rings. The van der Waals surface area contributed by atoms with Crippen LogP contribution in [0.15, 0.2) is 205 Å². The molecule has 7 rings (SSSR count). The van der Waals surface area contributed by atoms with Crippen LogP contribution in [0.1, 0.15) is 76.6 Å². The summed E-state index contributed by atoms with van der Waals surface area (Å²) >= 11 is 0. The number of rotatable bonds is 11. The minimum Gasteiger partial charge on any atom is -0.309 e. The largest absolute Gasteiger partial charge is 0.309 e. The second-order valence-corrected chi connectivity index (χ2v) is 14.8. The maximum absolute atomic E-state index is 4.14. The quantitative estimate of drug-likeness (QED) is 0.0842. The molecule has 0 unspecified atom stereocenters. The Morgan fingerprint density at radius 1 is 0.789 bits per heavy atom. The molecule has 1 aliphatic heterocycles. The number of benzene rings is 4. The molecule has 2 heteroatoms. The Bertz CT molecular complexity index is 2450. The highest BCUT2D eigenvalue weighted by Crippen LogP contribution is 2.51. The topological polar surface area (TPSA) is 6.25 Å². The van der Waals surface area contributed by atoms with Crippen LogP contribution in [0.4, 0.5) is 11.4 Å². The van der Waals surface area contributed by atoms with Crippen LogP contribution in [0.3, 0.4) is 0 Å². The van der Waals surface area contributed by atoms with E-state index >= 15 is 0 Å². The Morgan fingerprint density at radius 3 is 2.26 bits per heavy atom. The van der Waals surface area contributed by atoms with Crippen molar-refractivity contribution in [3.05, 3.63) is 228 Å². The van der Waals surface area contributed by atoms with Crippen molar-refractivity contribution >= 4 is 28.7 Å². The average molecular weight is 746 g/mol. The van der Waals surface area contributed by atoms with E-state index in [-0.39, 0.29) is 5.41 Å². The summed E-state index contributed by atoms with van der Waals surface area (Å²) in [6, 6.07) is 35.2. The number of allylic oxidation sites excluding steroid dienone is 15. The maximum Gasteiger partial charge on any atom is 0.213 e. The first-order chi connectivity index (χ1) is 27.8. The Morgan fingerprint density at radius 2 is 1.54 bits per heavy atom. The first-order valence-electron chi connectivity index (χ1n) is 20.4. The summed E-state index contributed by atoms with van der Waals surface area (Å²) in [6.07, 6.45) is 27.5. The molecule has 0 aromatic heterocycles. The van der Waals surface area contributed by atoms with Crippen molar-refractivity contribution in [1.29, 1.82) is 0 Å². The molecule has 1 heterocycles. The molecular formula is C55H57N2+. The fraction of sp³-hybridized carbons (Fsp3) is 0.182. The van der Waals surface area contributed by atoms with E-state index in [1.54, 1.807) is 0 Å². The second-order valence-electron chi connectivity index (χ2n) is 14.8. The molecule has 0 saturated carbocycles. The molecule has 4 aromatic rings. The Hall–Kier alpha value is -6.25. The van der Waals surface area contributed by atoms with Crippen molar-refractivity contribution in [3.8, 4) is 11.1 Å². The zero-order valence-electron chi connectivity index (χ0n) is 34.9. The molecule has 0 fully saturated rings. The molecule has 286 valence electrons. The molecular weight excluding hydrogens is 689 g/mol. The summed E-state index contributed by atoms with van der Waals surface area (Å²) in [4.78, 5) is 2.27. The third-order valence-corrected chi connectivity index (χ3v) is 11.0. The molecule has 2 nitrogen and oxygen atoms in total. The van der Waals surface area contributed by atoms with Crippen LogP contribution in [0.25, 0.3) is 22.3 Å². The van der Waals surface area contributed by atoms with E-state index in [1.807, 2.05) is 39.0 Å². The van der Waals surface area contributed by atoms with E-state index in [9.17, 15) is 0 Å². The molecule has 0 atom stereocenters. The van der Waals surface area contributed by atoms with Crippen molar-refractivity contribution in [2.24, 2.45) is 0 Å². The third-order valence-electron chi connectivity index (χ3n) is 11.0. The molecule has 0 spiro atoms. The van der Waals surface area contributed by atoms with Crippen LogP contribution in [0.2, 0.25) is 0 Å². The summed E-state index contributed by atoms with van der Waals surface area (Å²) in [5, 5.41) is 0. The van der Waals surface area contributed by atoms with Gasteiger partial charge in [0, 0.05) is 46.9 Å². The number of para-hydroxylation sites is 1. The highest BCUT2D eigenvalue weighted by atomic mass is 15.2. The van der Waals surface area contributed by atoms with Crippen molar-refractivity contribution in [2.75, 3.05) is 4.90 Å². The molecule has 0 saturated heterocycles. The van der Waals surface area contributed by atoms with Gasteiger partial charge in [-0.1, -0.05) is 144 Å². The van der Waals surface area contributed by atoms with Gasteiger partial charge < -0.3 is 4.90 Å².